The van der Waals surface area contributed by atoms with Crippen molar-refractivity contribution in [3.8, 4) is 5.75 Å². The zero-order chi connectivity index (χ0) is 11.5. The Morgan fingerprint density at radius 3 is 2.75 bits per heavy atom. The molecule has 3 nitrogen and oxygen atoms in total. The minimum atomic E-state index is -0.103. The Balaban J connectivity index is 1.87. The van der Waals surface area contributed by atoms with Gasteiger partial charge >= 0.3 is 5.97 Å². The highest BCUT2D eigenvalue weighted by molar-refractivity contribution is 5.70. The first kappa shape index (κ1) is 11.0. The SMILES string of the molecule is CCOC(=O)CC1CC1c1ccc(O)cc1. The van der Waals surface area contributed by atoms with Gasteiger partial charge in [-0.05, 0) is 42.9 Å². The van der Waals surface area contributed by atoms with Gasteiger partial charge in [-0.25, -0.2) is 0 Å². The second-order valence-corrected chi connectivity index (χ2v) is 4.20. The molecule has 0 radical (unpaired) electrons. The average Bonchev–Trinajstić information content (AvgIpc) is 2.98. The molecular formula is C13H16O3. The normalized spacial score (nSPS) is 22.8. The van der Waals surface area contributed by atoms with Gasteiger partial charge in [0.25, 0.3) is 0 Å². The molecule has 0 saturated heterocycles. The van der Waals surface area contributed by atoms with Crippen LogP contribution in [0.4, 0.5) is 0 Å². The monoisotopic (exact) mass is 220 g/mol. The summed E-state index contributed by atoms with van der Waals surface area (Å²) in [6.45, 7) is 2.28. The van der Waals surface area contributed by atoms with Gasteiger partial charge in [-0.1, -0.05) is 12.1 Å². The summed E-state index contributed by atoms with van der Waals surface area (Å²) in [7, 11) is 0. The Morgan fingerprint density at radius 1 is 1.44 bits per heavy atom. The topological polar surface area (TPSA) is 46.5 Å². The fraction of sp³-hybridized carbons (Fsp3) is 0.462. The van der Waals surface area contributed by atoms with Crippen LogP contribution >= 0.6 is 0 Å². The lowest BCUT2D eigenvalue weighted by atomic mass is 10.1. The van der Waals surface area contributed by atoms with E-state index in [1.54, 1.807) is 12.1 Å². The maximum Gasteiger partial charge on any atom is 0.306 e. The highest BCUT2D eigenvalue weighted by Gasteiger charge is 2.39. The molecule has 1 aromatic carbocycles. The number of rotatable bonds is 4. The van der Waals surface area contributed by atoms with Crippen molar-refractivity contribution >= 4 is 5.97 Å². The maximum absolute atomic E-state index is 11.3. The van der Waals surface area contributed by atoms with Crippen LogP contribution in [0.3, 0.4) is 0 Å². The number of benzene rings is 1. The summed E-state index contributed by atoms with van der Waals surface area (Å²) in [5.41, 5.74) is 1.20. The number of phenolic OH excluding ortho intramolecular Hbond substituents is 1. The standard InChI is InChI=1S/C13H16O3/c1-2-16-13(15)8-10-7-12(10)9-3-5-11(14)6-4-9/h3-6,10,12,14H,2,7-8H2,1H3. The highest BCUT2D eigenvalue weighted by Crippen LogP contribution is 2.49. The number of carbonyl (C=O) groups is 1. The molecule has 86 valence electrons. The number of carbonyl (C=O) groups excluding carboxylic acids is 1. The van der Waals surface area contributed by atoms with E-state index in [0.717, 1.165) is 6.42 Å². The molecule has 16 heavy (non-hydrogen) atoms. The van der Waals surface area contributed by atoms with E-state index in [-0.39, 0.29) is 11.7 Å². The molecule has 0 heterocycles. The summed E-state index contributed by atoms with van der Waals surface area (Å²) in [6.07, 6.45) is 1.56. The number of aromatic hydroxyl groups is 1. The van der Waals surface area contributed by atoms with Crippen molar-refractivity contribution in [1.29, 1.82) is 0 Å². The van der Waals surface area contributed by atoms with E-state index in [9.17, 15) is 4.79 Å². The molecule has 3 heteroatoms. The Bertz CT molecular complexity index is 369. The molecule has 1 N–H and O–H groups in total. The fourth-order valence-electron chi connectivity index (χ4n) is 2.04. The lowest BCUT2D eigenvalue weighted by Gasteiger charge is -2.02. The van der Waals surface area contributed by atoms with Crippen LogP contribution in [-0.4, -0.2) is 17.7 Å². The molecule has 1 aliphatic carbocycles. The fourth-order valence-corrected chi connectivity index (χ4v) is 2.04. The number of ether oxygens (including phenoxy) is 1. The van der Waals surface area contributed by atoms with Gasteiger partial charge in [0.1, 0.15) is 5.75 Å². The molecule has 0 aliphatic heterocycles. The number of hydrogen-bond donors (Lipinski definition) is 1. The molecule has 0 bridgehead atoms. The van der Waals surface area contributed by atoms with Crippen molar-refractivity contribution in [3.05, 3.63) is 29.8 Å². The van der Waals surface area contributed by atoms with Crippen LogP contribution in [0.15, 0.2) is 24.3 Å². The minimum Gasteiger partial charge on any atom is -0.508 e. The maximum atomic E-state index is 11.3. The number of esters is 1. The van der Waals surface area contributed by atoms with Gasteiger partial charge in [-0.3, -0.25) is 4.79 Å². The minimum absolute atomic E-state index is 0.103. The highest BCUT2D eigenvalue weighted by atomic mass is 16.5. The van der Waals surface area contributed by atoms with Crippen molar-refractivity contribution in [3.63, 3.8) is 0 Å². The summed E-state index contributed by atoms with van der Waals surface area (Å²) in [4.78, 5) is 11.3. The number of phenols is 1. The molecule has 1 fully saturated rings. The quantitative estimate of drug-likeness (QED) is 0.793. The summed E-state index contributed by atoms with van der Waals surface area (Å²) >= 11 is 0. The molecule has 2 rings (SSSR count). The van der Waals surface area contributed by atoms with E-state index < -0.39 is 0 Å². The summed E-state index contributed by atoms with van der Waals surface area (Å²) in [6, 6.07) is 7.22. The van der Waals surface area contributed by atoms with E-state index in [4.69, 9.17) is 9.84 Å². The molecule has 0 aromatic heterocycles. The van der Waals surface area contributed by atoms with Crippen LogP contribution in [0.25, 0.3) is 0 Å². The van der Waals surface area contributed by atoms with Crippen LogP contribution in [0.5, 0.6) is 5.75 Å². The molecule has 2 unspecified atom stereocenters. The Labute approximate surface area is 95.0 Å². The lowest BCUT2D eigenvalue weighted by Crippen LogP contribution is -2.04. The molecule has 0 amide bonds. The van der Waals surface area contributed by atoms with Gasteiger partial charge in [0, 0.05) is 6.42 Å². The predicted octanol–water partition coefficient (Wildman–Crippen LogP) is 2.45. The Kier molecular flexibility index (Phi) is 3.13. The van der Waals surface area contributed by atoms with Crippen LogP contribution in [0.1, 0.15) is 31.2 Å². The first-order valence-electron chi connectivity index (χ1n) is 5.65. The Hall–Kier alpha value is -1.51. The zero-order valence-corrected chi connectivity index (χ0v) is 9.35. The Morgan fingerprint density at radius 2 is 2.12 bits per heavy atom. The van der Waals surface area contributed by atoms with Gasteiger partial charge in [0.05, 0.1) is 6.61 Å². The van der Waals surface area contributed by atoms with Crippen LogP contribution in [-0.2, 0) is 9.53 Å². The smallest absolute Gasteiger partial charge is 0.306 e. The zero-order valence-electron chi connectivity index (χ0n) is 9.35. The van der Waals surface area contributed by atoms with Gasteiger partial charge in [0.2, 0.25) is 0 Å². The molecular weight excluding hydrogens is 204 g/mol. The van der Waals surface area contributed by atoms with Gasteiger partial charge in [0.15, 0.2) is 0 Å². The van der Waals surface area contributed by atoms with E-state index >= 15 is 0 Å². The van der Waals surface area contributed by atoms with Crippen molar-refractivity contribution in [2.45, 2.75) is 25.7 Å². The van der Waals surface area contributed by atoms with E-state index in [2.05, 4.69) is 0 Å². The second kappa shape index (κ2) is 4.56. The molecule has 1 aromatic rings. The van der Waals surface area contributed by atoms with Crippen molar-refractivity contribution < 1.29 is 14.6 Å². The first-order chi connectivity index (χ1) is 7.70. The van der Waals surface area contributed by atoms with E-state index in [1.165, 1.54) is 5.56 Å². The van der Waals surface area contributed by atoms with E-state index in [1.807, 2.05) is 19.1 Å². The van der Waals surface area contributed by atoms with Crippen LogP contribution < -0.4 is 0 Å². The van der Waals surface area contributed by atoms with Crippen molar-refractivity contribution in [1.82, 2.24) is 0 Å². The number of hydrogen-bond acceptors (Lipinski definition) is 3. The third-order valence-electron chi connectivity index (χ3n) is 2.98. The third-order valence-corrected chi connectivity index (χ3v) is 2.98. The molecule has 0 spiro atoms. The largest absolute Gasteiger partial charge is 0.508 e. The van der Waals surface area contributed by atoms with Gasteiger partial charge in [-0.2, -0.15) is 0 Å². The summed E-state index contributed by atoms with van der Waals surface area (Å²) in [5.74, 6) is 1.06. The molecule has 1 aliphatic rings. The van der Waals surface area contributed by atoms with Gasteiger partial charge < -0.3 is 9.84 Å². The van der Waals surface area contributed by atoms with Crippen molar-refractivity contribution in [2.24, 2.45) is 5.92 Å². The van der Waals surface area contributed by atoms with Crippen LogP contribution in [0, 0.1) is 5.92 Å². The summed E-state index contributed by atoms with van der Waals surface area (Å²) in [5, 5.41) is 9.17. The van der Waals surface area contributed by atoms with Gasteiger partial charge in [-0.15, -0.1) is 0 Å². The predicted molar refractivity (Wildman–Crippen MR) is 60.2 cm³/mol. The first-order valence-corrected chi connectivity index (χ1v) is 5.65. The summed E-state index contributed by atoms with van der Waals surface area (Å²) < 4.78 is 4.92. The molecule has 1 saturated carbocycles. The second-order valence-electron chi connectivity index (χ2n) is 4.20. The van der Waals surface area contributed by atoms with E-state index in [0.29, 0.717) is 24.9 Å². The lowest BCUT2D eigenvalue weighted by molar-refractivity contribution is -0.143. The van der Waals surface area contributed by atoms with Crippen LogP contribution in [0.2, 0.25) is 0 Å². The van der Waals surface area contributed by atoms with Crippen molar-refractivity contribution in [2.75, 3.05) is 6.61 Å². The third kappa shape index (κ3) is 2.54. The average molecular weight is 220 g/mol. The molecule has 2 atom stereocenters.